The second kappa shape index (κ2) is 34.1. The number of primary amides is 1. The number of aromatic hydroxyl groups is 1. The summed E-state index contributed by atoms with van der Waals surface area (Å²) < 4.78 is 0. The first-order chi connectivity index (χ1) is 38.4. The minimum absolute atomic E-state index is 0.0299. The minimum atomic E-state index is -1.78. The molecule has 2 heterocycles. The summed E-state index contributed by atoms with van der Waals surface area (Å²) in [6.07, 6.45) is 3.88. The number of imidazole rings is 1. The summed E-state index contributed by atoms with van der Waals surface area (Å²) in [6, 6.07) is -7.01. The third kappa shape index (κ3) is 22.9. The van der Waals surface area contributed by atoms with Gasteiger partial charge in [-0.05, 0) is 74.1 Å². The Morgan fingerprint density at radius 3 is 1.91 bits per heavy atom. The molecule has 3 rings (SSSR count). The normalized spacial score (nSPS) is 15.9. The molecular weight excluding hydrogens is 1080 g/mol. The number of phenolic OH excluding ortho intramolecular Hbond substituents is 1. The van der Waals surface area contributed by atoms with E-state index in [1.807, 2.05) is 0 Å². The Morgan fingerprint density at radius 2 is 1.35 bits per heavy atom. The van der Waals surface area contributed by atoms with Crippen LogP contribution >= 0.6 is 11.8 Å². The second-order valence-corrected chi connectivity index (χ2v) is 20.2. The Labute approximate surface area is 470 Å². The highest BCUT2D eigenvalue weighted by Crippen LogP contribution is 2.19. The Kier molecular flexibility index (Phi) is 28.3. The third-order valence-electron chi connectivity index (χ3n) is 12.6. The van der Waals surface area contributed by atoms with Crippen LogP contribution in [0.1, 0.15) is 70.1 Å². The van der Waals surface area contributed by atoms with E-state index < -0.39 is 152 Å². The van der Waals surface area contributed by atoms with Crippen molar-refractivity contribution in [1.29, 1.82) is 0 Å². The number of carboxylic acids is 1. The van der Waals surface area contributed by atoms with Gasteiger partial charge in [-0.1, -0.05) is 26.0 Å². The number of aliphatic hydroxyl groups excluding tert-OH is 2. The zero-order valence-electron chi connectivity index (χ0n) is 45.2. The van der Waals surface area contributed by atoms with Crippen LogP contribution < -0.4 is 65.5 Å². The number of benzene rings is 1. The highest BCUT2D eigenvalue weighted by atomic mass is 32.2. The summed E-state index contributed by atoms with van der Waals surface area (Å²) in [7, 11) is 0. The molecule has 0 spiro atoms. The maximum absolute atomic E-state index is 14.0. The molecule has 1 aromatic carbocycles. The zero-order chi connectivity index (χ0) is 60.3. The third-order valence-corrected chi connectivity index (χ3v) is 13.2. The van der Waals surface area contributed by atoms with Crippen molar-refractivity contribution in [1.82, 2.24) is 57.4 Å². The number of nitrogens with one attached hydrogen (secondary N) is 9. The molecule has 2 aromatic rings. The molecule has 32 heteroatoms. The van der Waals surface area contributed by atoms with Gasteiger partial charge in [0.2, 0.25) is 59.1 Å². The maximum Gasteiger partial charge on any atom is 0.326 e. The number of carbonyl (C=O) groups excluding carboxylic acids is 10. The summed E-state index contributed by atoms with van der Waals surface area (Å²) in [6.45, 7) is 0.723. The van der Waals surface area contributed by atoms with Gasteiger partial charge in [0.25, 0.3) is 0 Å². The number of aliphatic hydroxyl groups is 2. The van der Waals surface area contributed by atoms with E-state index in [4.69, 9.17) is 22.9 Å². The number of hydrogen-bond acceptors (Lipinski definition) is 18. The van der Waals surface area contributed by atoms with Crippen molar-refractivity contribution in [2.24, 2.45) is 33.8 Å². The molecule has 81 heavy (non-hydrogen) atoms. The molecule has 1 saturated heterocycles. The standard InChI is InChI=1S/C49H76N16O15S/c1-25(2)39(46(77)56-21-38(70)58-33(18-26-8-10-28(68)11-9-26)43(74)60-32(14-17-81-3)41(72)62-34(48(79)80)19-27-20-54-24-57-27)64-42(73)30(6-4-15-55-49(52)53)59-44(75)35(23-67)63-40(71)31(12-13-37(51)69)61-45(76)36-7-5-16-65(36)47(78)29(50)22-66/h8-11,20,24-25,29-36,39,66-68H,4-7,12-19,21-23,50H2,1-3H3,(H2,51,69)(H,54,57)(H,56,77)(H,58,70)(H,59,75)(H,60,74)(H,61,76)(H,62,72)(H,63,71)(H,64,73)(H,79,80)(H4,52,53,55)/t29-,30-,31-,32-,33-,34-,35-,36-,39-/m0/s1. The monoisotopic (exact) mass is 1160 g/mol. The molecule has 0 saturated carbocycles. The Bertz CT molecular complexity index is 2500. The fourth-order valence-corrected chi connectivity index (χ4v) is 8.65. The van der Waals surface area contributed by atoms with Crippen molar-refractivity contribution in [3.63, 3.8) is 0 Å². The molecule has 1 aliphatic heterocycles. The maximum atomic E-state index is 14.0. The van der Waals surface area contributed by atoms with Gasteiger partial charge in [-0.15, -0.1) is 0 Å². The number of rotatable bonds is 35. The van der Waals surface area contributed by atoms with E-state index in [1.54, 1.807) is 20.1 Å². The summed E-state index contributed by atoms with van der Waals surface area (Å²) in [5.74, 6) is -11.0. The van der Waals surface area contributed by atoms with E-state index in [0.29, 0.717) is 23.4 Å². The van der Waals surface area contributed by atoms with Crippen LogP contribution in [0.2, 0.25) is 0 Å². The summed E-state index contributed by atoms with van der Waals surface area (Å²) in [4.78, 5) is 158. The summed E-state index contributed by atoms with van der Waals surface area (Å²) in [5, 5.41) is 59.2. The quantitative estimate of drug-likeness (QED) is 0.0173. The number of phenols is 1. The van der Waals surface area contributed by atoms with Crippen molar-refractivity contribution in [2.75, 3.05) is 44.9 Å². The van der Waals surface area contributed by atoms with E-state index in [2.05, 4.69) is 57.5 Å². The van der Waals surface area contributed by atoms with E-state index in [9.17, 15) is 73.2 Å². The van der Waals surface area contributed by atoms with Crippen LogP contribution in [0, 0.1) is 5.92 Å². The summed E-state index contributed by atoms with van der Waals surface area (Å²) in [5.41, 5.74) is 22.8. The van der Waals surface area contributed by atoms with Gasteiger partial charge in [-0.2, -0.15) is 11.8 Å². The van der Waals surface area contributed by atoms with E-state index in [-0.39, 0.29) is 69.7 Å². The lowest BCUT2D eigenvalue weighted by Crippen LogP contribution is -2.60. The van der Waals surface area contributed by atoms with E-state index in [0.717, 1.165) is 4.90 Å². The first kappa shape index (κ1) is 67.2. The lowest BCUT2D eigenvalue weighted by Gasteiger charge is -2.29. The lowest BCUT2D eigenvalue weighted by molar-refractivity contribution is -0.142. The van der Waals surface area contributed by atoms with Gasteiger partial charge in [0.15, 0.2) is 5.96 Å². The number of amides is 10. The summed E-state index contributed by atoms with van der Waals surface area (Å²) >= 11 is 1.35. The number of guanidine groups is 1. The predicted molar refractivity (Wildman–Crippen MR) is 291 cm³/mol. The van der Waals surface area contributed by atoms with E-state index >= 15 is 0 Å². The SMILES string of the molecule is CSCC[C@H](NC(=O)[C@H](Cc1ccc(O)cc1)NC(=O)CNC(=O)[C@@H](NC(=O)[C@H](CCCN=C(N)N)NC(=O)[C@H](CO)NC(=O)[C@H](CCC(N)=O)NC(=O)[C@@H]1CCCN1C(=O)[C@@H](N)CO)C(C)C)C(=O)N[C@@H](Cc1cnc[nH]1)C(=O)O. The van der Waals surface area contributed by atoms with Crippen LogP contribution in [0.3, 0.4) is 0 Å². The van der Waals surface area contributed by atoms with Gasteiger partial charge in [0.1, 0.15) is 60.1 Å². The molecule has 1 fully saturated rings. The smallest absolute Gasteiger partial charge is 0.326 e. The number of aliphatic carboxylic acids is 1. The van der Waals surface area contributed by atoms with Gasteiger partial charge < -0.3 is 95.8 Å². The van der Waals surface area contributed by atoms with Gasteiger partial charge in [0.05, 0.1) is 26.1 Å². The number of likely N-dealkylation sites (tertiary alicyclic amines) is 1. The fraction of sp³-hybridized carbons (Fsp3) is 0.571. The average Bonchev–Trinajstić information content (AvgIpc) is 4.16. The molecule has 21 N–H and O–H groups in total. The van der Waals surface area contributed by atoms with Crippen molar-refractivity contribution in [3.8, 4) is 5.75 Å². The fourth-order valence-electron chi connectivity index (χ4n) is 8.18. The van der Waals surface area contributed by atoms with E-state index in [1.165, 1.54) is 48.6 Å². The number of hydrogen-bond donors (Lipinski definition) is 17. The number of nitrogens with two attached hydrogens (primary N) is 4. The molecule has 10 amide bonds. The molecule has 1 aliphatic rings. The first-order valence-corrected chi connectivity index (χ1v) is 27.3. The largest absolute Gasteiger partial charge is 0.508 e. The van der Waals surface area contributed by atoms with Crippen molar-refractivity contribution in [3.05, 3.63) is 48.0 Å². The topological polar surface area (TPSA) is 513 Å². The number of thioether (sulfide) groups is 1. The van der Waals surface area contributed by atoms with Crippen LogP contribution in [-0.2, 0) is 65.6 Å². The molecule has 9 atom stereocenters. The highest BCUT2D eigenvalue weighted by molar-refractivity contribution is 7.98. The van der Waals surface area contributed by atoms with Crippen molar-refractivity contribution in [2.45, 2.75) is 126 Å². The molecule has 0 aliphatic carbocycles. The van der Waals surface area contributed by atoms with Gasteiger partial charge in [-0.25, -0.2) is 9.78 Å². The molecule has 0 radical (unpaired) electrons. The minimum Gasteiger partial charge on any atom is -0.508 e. The number of carbonyl (C=O) groups is 11. The van der Waals surface area contributed by atoms with Crippen LogP contribution in [0.15, 0.2) is 41.8 Å². The zero-order valence-corrected chi connectivity index (χ0v) is 46.0. The van der Waals surface area contributed by atoms with Crippen LogP contribution in [0.5, 0.6) is 5.75 Å². The Hall–Kier alpha value is -8.10. The predicted octanol–water partition coefficient (Wildman–Crippen LogP) is -6.47. The van der Waals surface area contributed by atoms with Gasteiger partial charge in [0, 0.05) is 44.2 Å². The highest BCUT2D eigenvalue weighted by Gasteiger charge is 2.39. The number of aromatic nitrogens is 2. The van der Waals surface area contributed by atoms with Crippen LogP contribution in [-0.4, -0.2) is 206 Å². The van der Waals surface area contributed by atoms with Gasteiger partial charge >= 0.3 is 5.97 Å². The molecule has 0 unspecified atom stereocenters. The molecule has 1 aromatic heterocycles. The molecule has 0 bridgehead atoms. The first-order valence-electron chi connectivity index (χ1n) is 25.9. The van der Waals surface area contributed by atoms with Crippen LogP contribution in [0.4, 0.5) is 0 Å². The number of aromatic amines is 1. The average molecular weight is 1160 g/mol. The molecule has 31 nitrogen and oxygen atoms in total. The van der Waals surface area contributed by atoms with Crippen molar-refractivity contribution >= 4 is 82.8 Å². The number of carboxylic acid groups (broad SMARTS) is 1. The lowest BCUT2D eigenvalue weighted by atomic mass is 10.0. The van der Waals surface area contributed by atoms with Gasteiger partial charge in [-0.3, -0.25) is 52.9 Å². The number of nitrogens with zero attached hydrogens (tertiary/aromatic N) is 3. The second-order valence-electron chi connectivity index (χ2n) is 19.3. The Morgan fingerprint density at radius 1 is 0.753 bits per heavy atom. The van der Waals surface area contributed by atoms with Crippen LogP contribution in [0.25, 0.3) is 0 Å². The number of H-pyrrole nitrogens is 1. The number of aliphatic imine (C=N–C) groups is 1. The molecule has 448 valence electrons. The Balaban J connectivity index is 1.78. The van der Waals surface area contributed by atoms with Crippen molar-refractivity contribution < 1.29 is 73.2 Å². The molecular formula is C49H76N16O15S.